The topological polar surface area (TPSA) is 83.1 Å². The Labute approximate surface area is 175 Å². The second-order valence-electron chi connectivity index (χ2n) is 7.19. The molecule has 8 heteroatoms. The van der Waals surface area contributed by atoms with Crippen LogP contribution in [0.5, 0.6) is 11.5 Å². The monoisotopic (exact) mass is 419 g/mol. The maximum absolute atomic E-state index is 12.4. The average Bonchev–Trinajstić information content (AvgIpc) is 2.71. The van der Waals surface area contributed by atoms with Crippen LogP contribution in [-0.2, 0) is 0 Å². The number of carbonyl (C=O) groups excluding carboxylic acids is 1. The summed E-state index contributed by atoms with van der Waals surface area (Å²) in [5.74, 6) is 0.916. The summed E-state index contributed by atoms with van der Waals surface area (Å²) in [5, 5.41) is 16.7. The van der Waals surface area contributed by atoms with Crippen molar-refractivity contribution in [2.45, 2.75) is 6.10 Å². The van der Waals surface area contributed by atoms with Gasteiger partial charge in [0, 0.05) is 31.1 Å². The van der Waals surface area contributed by atoms with Gasteiger partial charge in [-0.05, 0) is 19.7 Å². The van der Waals surface area contributed by atoms with Crippen LogP contribution in [-0.4, -0.2) is 56.4 Å². The molecule has 1 aliphatic rings. The number of aliphatic hydroxyl groups is 1. The number of hydrogen-bond acceptors (Lipinski definition) is 5. The zero-order chi connectivity index (χ0) is 20.8. The fourth-order valence-corrected chi connectivity index (χ4v) is 3.42. The van der Waals surface area contributed by atoms with Crippen molar-refractivity contribution in [3.05, 3.63) is 53.1 Å². The van der Waals surface area contributed by atoms with E-state index in [1.807, 2.05) is 49.3 Å². The zero-order valence-corrected chi connectivity index (χ0v) is 17.3. The highest BCUT2D eigenvalue weighted by atomic mass is 35.5. The highest BCUT2D eigenvalue weighted by Crippen LogP contribution is 2.37. The van der Waals surface area contributed by atoms with Gasteiger partial charge >= 0.3 is 6.03 Å². The van der Waals surface area contributed by atoms with Crippen LogP contribution in [0.25, 0.3) is 0 Å². The van der Waals surface area contributed by atoms with Crippen molar-refractivity contribution in [1.82, 2.24) is 10.2 Å². The highest BCUT2D eigenvalue weighted by Gasteiger charge is 2.23. The fourth-order valence-electron chi connectivity index (χ4n) is 3.22. The summed E-state index contributed by atoms with van der Waals surface area (Å²) < 4.78 is 11.0. The van der Waals surface area contributed by atoms with Crippen molar-refractivity contribution < 1.29 is 19.4 Å². The Kier molecular flexibility index (Phi) is 7.19. The number of benzene rings is 2. The first kappa shape index (κ1) is 21.2. The summed E-state index contributed by atoms with van der Waals surface area (Å²) in [6.07, 6.45) is -0.697. The first-order chi connectivity index (χ1) is 13.9. The van der Waals surface area contributed by atoms with Gasteiger partial charge in [-0.1, -0.05) is 41.9 Å². The molecule has 3 N–H and O–H groups in total. The number of hydrogen-bond donors (Lipinski definition) is 3. The molecule has 3 rings (SSSR count). The maximum Gasteiger partial charge on any atom is 0.319 e. The van der Waals surface area contributed by atoms with Gasteiger partial charge in [0.15, 0.2) is 11.5 Å². The van der Waals surface area contributed by atoms with Crippen LogP contribution in [0.15, 0.2) is 42.5 Å². The van der Waals surface area contributed by atoms with Crippen LogP contribution in [0.3, 0.4) is 0 Å². The van der Waals surface area contributed by atoms with Crippen molar-refractivity contribution in [2.24, 2.45) is 5.92 Å². The van der Waals surface area contributed by atoms with Crippen molar-refractivity contribution in [2.75, 3.05) is 45.7 Å². The third-order valence-corrected chi connectivity index (χ3v) is 4.90. The number of nitrogens with zero attached hydrogens (tertiary/aromatic N) is 1. The predicted octanol–water partition coefficient (Wildman–Crippen LogP) is 3.14. The lowest BCUT2D eigenvalue weighted by Crippen LogP contribution is -2.39. The Bertz CT molecular complexity index is 832. The van der Waals surface area contributed by atoms with Gasteiger partial charge in [-0.3, -0.25) is 0 Å². The minimum atomic E-state index is -0.697. The molecule has 0 spiro atoms. The number of urea groups is 1. The molecular formula is C21H26ClN3O4. The molecular weight excluding hydrogens is 394 g/mol. The highest BCUT2D eigenvalue weighted by molar-refractivity contribution is 6.34. The van der Waals surface area contributed by atoms with Gasteiger partial charge in [0.2, 0.25) is 0 Å². The Hall–Kier alpha value is -2.48. The fraction of sp³-hybridized carbons (Fsp3) is 0.381. The van der Waals surface area contributed by atoms with Crippen molar-refractivity contribution in [3.8, 4) is 11.5 Å². The van der Waals surface area contributed by atoms with Crippen molar-refractivity contribution in [1.29, 1.82) is 0 Å². The third kappa shape index (κ3) is 5.76. The predicted molar refractivity (Wildman–Crippen MR) is 113 cm³/mol. The molecule has 0 saturated carbocycles. The number of fused-ring (bicyclic) bond motifs is 1. The standard InChI is InChI=1S/C21H26ClN3O4/c1-25(2)13-15(20(26)14-6-4-3-5-7-14)12-23-21(27)24-17-11-19-18(10-16(17)22)28-8-9-29-19/h3-7,10-11,15,20,26H,8-9,12-13H2,1-2H3,(H2,23,24,27)/t15-,20+/m0/s1. The molecule has 0 radical (unpaired) electrons. The second-order valence-corrected chi connectivity index (χ2v) is 7.60. The molecule has 156 valence electrons. The van der Waals surface area contributed by atoms with E-state index in [0.717, 1.165) is 5.56 Å². The molecule has 2 aromatic rings. The van der Waals surface area contributed by atoms with Gasteiger partial charge in [0.1, 0.15) is 13.2 Å². The Morgan fingerprint density at radius 3 is 2.48 bits per heavy atom. The minimum Gasteiger partial charge on any atom is -0.486 e. The van der Waals surface area contributed by atoms with Crippen LogP contribution < -0.4 is 20.1 Å². The normalized spacial score (nSPS) is 14.9. The molecule has 7 nitrogen and oxygen atoms in total. The van der Waals surface area contributed by atoms with E-state index in [1.165, 1.54) is 0 Å². The smallest absolute Gasteiger partial charge is 0.319 e. The number of nitrogens with one attached hydrogen (secondary N) is 2. The van der Waals surface area contributed by atoms with Crippen LogP contribution in [0.2, 0.25) is 5.02 Å². The Morgan fingerprint density at radius 1 is 1.17 bits per heavy atom. The van der Waals surface area contributed by atoms with Gasteiger partial charge in [0.25, 0.3) is 0 Å². The molecule has 0 unspecified atom stereocenters. The number of anilines is 1. The van der Waals surface area contributed by atoms with E-state index >= 15 is 0 Å². The number of amides is 2. The number of halogens is 1. The summed E-state index contributed by atoms with van der Waals surface area (Å²) in [5.41, 5.74) is 1.25. The van der Waals surface area contributed by atoms with Crippen LogP contribution >= 0.6 is 11.6 Å². The SMILES string of the molecule is CN(C)C[C@H](CNC(=O)Nc1cc2c(cc1Cl)OCCO2)[C@H](O)c1ccccc1. The average molecular weight is 420 g/mol. The molecule has 2 amide bonds. The zero-order valence-electron chi connectivity index (χ0n) is 16.5. The molecule has 2 atom stereocenters. The molecule has 0 aliphatic carbocycles. The molecule has 0 fully saturated rings. The molecule has 1 aliphatic heterocycles. The Balaban J connectivity index is 1.63. The first-order valence-electron chi connectivity index (χ1n) is 9.46. The summed E-state index contributed by atoms with van der Waals surface area (Å²) in [6.45, 7) is 1.82. The summed E-state index contributed by atoms with van der Waals surface area (Å²) >= 11 is 6.24. The van der Waals surface area contributed by atoms with Crippen LogP contribution in [0.1, 0.15) is 11.7 Å². The van der Waals surface area contributed by atoms with E-state index < -0.39 is 12.1 Å². The van der Waals surface area contributed by atoms with E-state index in [9.17, 15) is 9.90 Å². The number of rotatable bonds is 7. The molecule has 2 aromatic carbocycles. The molecule has 0 bridgehead atoms. The van der Waals surface area contributed by atoms with E-state index in [4.69, 9.17) is 21.1 Å². The molecule has 0 saturated heterocycles. The summed E-state index contributed by atoms with van der Waals surface area (Å²) in [4.78, 5) is 14.4. The van der Waals surface area contributed by atoms with E-state index in [0.29, 0.717) is 48.5 Å². The van der Waals surface area contributed by atoms with E-state index in [1.54, 1.807) is 12.1 Å². The number of carbonyl (C=O) groups is 1. The third-order valence-electron chi connectivity index (χ3n) is 4.59. The lowest BCUT2D eigenvalue weighted by Gasteiger charge is -2.26. The lowest BCUT2D eigenvalue weighted by molar-refractivity contribution is 0.0911. The molecule has 29 heavy (non-hydrogen) atoms. The van der Waals surface area contributed by atoms with Gasteiger partial charge < -0.3 is 30.1 Å². The van der Waals surface area contributed by atoms with Gasteiger partial charge in [-0.2, -0.15) is 0 Å². The quantitative estimate of drug-likeness (QED) is 0.642. The molecule has 1 heterocycles. The van der Waals surface area contributed by atoms with Gasteiger partial charge in [0.05, 0.1) is 16.8 Å². The second kappa shape index (κ2) is 9.82. The largest absolute Gasteiger partial charge is 0.486 e. The van der Waals surface area contributed by atoms with Gasteiger partial charge in [-0.25, -0.2) is 4.79 Å². The minimum absolute atomic E-state index is 0.186. The number of ether oxygens (including phenoxy) is 2. The Morgan fingerprint density at radius 2 is 1.83 bits per heavy atom. The van der Waals surface area contributed by atoms with Crippen LogP contribution in [0.4, 0.5) is 10.5 Å². The maximum atomic E-state index is 12.4. The van der Waals surface area contributed by atoms with Gasteiger partial charge in [-0.15, -0.1) is 0 Å². The summed E-state index contributed by atoms with van der Waals surface area (Å²) in [7, 11) is 3.86. The van der Waals surface area contributed by atoms with Crippen LogP contribution in [0, 0.1) is 5.92 Å². The molecule has 0 aromatic heterocycles. The number of aliphatic hydroxyl groups excluding tert-OH is 1. The first-order valence-corrected chi connectivity index (χ1v) is 9.83. The van der Waals surface area contributed by atoms with E-state index in [2.05, 4.69) is 10.6 Å². The lowest BCUT2D eigenvalue weighted by atomic mass is 9.95. The van der Waals surface area contributed by atoms with Crippen molar-refractivity contribution >= 4 is 23.3 Å². The van der Waals surface area contributed by atoms with Crippen molar-refractivity contribution in [3.63, 3.8) is 0 Å². The summed E-state index contributed by atoms with van der Waals surface area (Å²) in [6, 6.07) is 12.3. The van der Waals surface area contributed by atoms with E-state index in [-0.39, 0.29) is 5.92 Å².